The van der Waals surface area contributed by atoms with E-state index < -0.39 is 41.6 Å². The molecule has 0 aliphatic rings. The quantitative estimate of drug-likeness (QED) is 0.193. The molecular weight excluding hydrogens is 576 g/mol. The van der Waals surface area contributed by atoms with Crippen molar-refractivity contribution in [2.24, 2.45) is 0 Å². The van der Waals surface area contributed by atoms with E-state index >= 15 is 0 Å². The number of amides is 3. The molecule has 0 aliphatic carbocycles. The lowest BCUT2D eigenvalue weighted by Crippen LogP contribution is -2.50. The molecule has 13 heteroatoms. The Labute approximate surface area is 254 Å². The lowest BCUT2D eigenvalue weighted by Gasteiger charge is -2.25. The van der Waals surface area contributed by atoms with Gasteiger partial charge in [0.05, 0.1) is 13.7 Å². The molecule has 3 aromatic rings. The molecule has 0 bridgehead atoms. The number of nitrogens with one attached hydrogen (secondary N) is 3. The molecule has 1 unspecified atom stereocenters. The van der Waals surface area contributed by atoms with Gasteiger partial charge in [0.15, 0.2) is 10.8 Å². The van der Waals surface area contributed by atoms with E-state index in [1.165, 1.54) is 12.5 Å². The van der Waals surface area contributed by atoms with Crippen LogP contribution >= 0.6 is 11.3 Å². The van der Waals surface area contributed by atoms with E-state index in [9.17, 15) is 19.2 Å². The van der Waals surface area contributed by atoms with E-state index in [-0.39, 0.29) is 17.2 Å². The number of benzene rings is 2. The largest absolute Gasteiger partial charge is 0.491 e. The van der Waals surface area contributed by atoms with Crippen molar-refractivity contribution in [1.29, 1.82) is 0 Å². The zero-order chi connectivity index (χ0) is 31.4. The van der Waals surface area contributed by atoms with Crippen LogP contribution in [-0.2, 0) is 30.2 Å². The third-order valence-electron chi connectivity index (χ3n) is 5.74. The van der Waals surface area contributed by atoms with Gasteiger partial charge >= 0.3 is 12.1 Å². The smallest absolute Gasteiger partial charge is 0.408 e. The van der Waals surface area contributed by atoms with Gasteiger partial charge in [0.25, 0.3) is 0 Å². The number of anilines is 1. The topological polar surface area (TPSA) is 154 Å². The van der Waals surface area contributed by atoms with Crippen LogP contribution in [0.1, 0.15) is 48.4 Å². The molecule has 0 aliphatic heterocycles. The van der Waals surface area contributed by atoms with Gasteiger partial charge in [-0.1, -0.05) is 42.5 Å². The summed E-state index contributed by atoms with van der Waals surface area (Å²) in [5.41, 5.74) is 0.453. The average Bonchev–Trinajstić information content (AvgIpc) is 3.43. The molecule has 230 valence electrons. The maximum absolute atomic E-state index is 13.7. The SMILES string of the molecule is COCCOc1ccc([C@H](NC(=O)OC(C)(C)C)C(=O)NC(Cc2ccccc2)C(=O)Nc2nc(C(=O)OC)cs2)cc1. The van der Waals surface area contributed by atoms with Crippen molar-refractivity contribution in [3.05, 3.63) is 76.8 Å². The van der Waals surface area contributed by atoms with E-state index in [2.05, 4.69) is 25.7 Å². The first-order chi connectivity index (χ1) is 20.5. The third kappa shape index (κ3) is 10.7. The Morgan fingerprint density at radius 2 is 1.60 bits per heavy atom. The Morgan fingerprint density at radius 3 is 2.23 bits per heavy atom. The standard InChI is InChI=1S/C30H36N4O8S/c1-30(2,3)42-29(38)33-24(20-11-13-21(14-12-20)41-16-15-39-4)26(36)31-22(17-19-9-7-6-8-10-19)25(35)34-28-32-23(18-43-28)27(37)40-5/h6-14,18,22,24H,15-17H2,1-5H3,(H,31,36)(H,33,38)(H,32,34,35)/t22?,24-/m0/s1. The maximum Gasteiger partial charge on any atom is 0.408 e. The van der Waals surface area contributed by atoms with E-state index in [4.69, 9.17) is 14.2 Å². The minimum Gasteiger partial charge on any atom is -0.491 e. The third-order valence-corrected chi connectivity index (χ3v) is 6.50. The molecule has 0 radical (unpaired) electrons. The lowest BCUT2D eigenvalue weighted by atomic mass is 10.0. The molecule has 0 spiro atoms. The zero-order valence-corrected chi connectivity index (χ0v) is 25.5. The van der Waals surface area contributed by atoms with Crippen molar-refractivity contribution < 1.29 is 38.1 Å². The number of thiazole rings is 1. The number of hydrogen-bond acceptors (Lipinski definition) is 10. The van der Waals surface area contributed by atoms with Gasteiger partial charge in [0, 0.05) is 18.9 Å². The van der Waals surface area contributed by atoms with Crippen LogP contribution in [0.25, 0.3) is 0 Å². The normalized spacial score (nSPS) is 12.4. The fourth-order valence-corrected chi connectivity index (χ4v) is 4.44. The highest BCUT2D eigenvalue weighted by molar-refractivity contribution is 7.14. The van der Waals surface area contributed by atoms with Gasteiger partial charge in [-0.3, -0.25) is 9.59 Å². The average molecular weight is 613 g/mol. The number of nitrogens with zero attached hydrogens (tertiary/aromatic N) is 1. The molecule has 0 saturated carbocycles. The van der Waals surface area contributed by atoms with Crippen molar-refractivity contribution in [2.45, 2.75) is 44.9 Å². The van der Waals surface area contributed by atoms with Crippen molar-refractivity contribution in [2.75, 3.05) is 32.8 Å². The van der Waals surface area contributed by atoms with Crippen LogP contribution in [0.5, 0.6) is 5.75 Å². The summed E-state index contributed by atoms with van der Waals surface area (Å²) in [6.45, 7) is 5.87. The second-order valence-electron chi connectivity index (χ2n) is 10.3. The van der Waals surface area contributed by atoms with Crippen molar-refractivity contribution >= 4 is 40.3 Å². The number of alkyl carbamates (subject to hydrolysis) is 1. The van der Waals surface area contributed by atoms with Crippen LogP contribution in [0.2, 0.25) is 0 Å². The summed E-state index contributed by atoms with van der Waals surface area (Å²) in [6.07, 6.45) is -0.672. The minimum absolute atomic E-state index is 0.0442. The van der Waals surface area contributed by atoms with E-state index in [1.807, 2.05) is 30.3 Å². The lowest BCUT2D eigenvalue weighted by molar-refractivity contribution is -0.128. The zero-order valence-electron chi connectivity index (χ0n) is 24.7. The number of rotatable bonds is 13. The van der Waals surface area contributed by atoms with Gasteiger partial charge in [0.2, 0.25) is 11.8 Å². The first-order valence-electron chi connectivity index (χ1n) is 13.4. The Morgan fingerprint density at radius 1 is 0.907 bits per heavy atom. The summed E-state index contributed by atoms with van der Waals surface area (Å²) in [7, 11) is 2.80. The summed E-state index contributed by atoms with van der Waals surface area (Å²) >= 11 is 1.04. The van der Waals surface area contributed by atoms with Crippen LogP contribution in [-0.4, -0.2) is 67.9 Å². The Bertz CT molecular complexity index is 1370. The highest BCUT2D eigenvalue weighted by Crippen LogP contribution is 2.21. The fraction of sp³-hybridized carbons (Fsp3) is 0.367. The van der Waals surface area contributed by atoms with Gasteiger partial charge in [-0.15, -0.1) is 11.3 Å². The number of aromatic nitrogens is 1. The first kappa shape index (κ1) is 33.0. The predicted octanol–water partition coefficient (Wildman–Crippen LogP) is 3.89. The van der Waals surface area contributed by atoms with Gasteiger partial charge in [-0.2, -0.15) is 0 Å². The molecule has 0 saturated heterocycles. The molecular formula is C30H36N4O8S. The number of hydrogen-bond donors (Lipinski definition) is 3. The van der Waals surface area contributed by atoms with Crippen LogP contribution in [0, 0.1) is 0 Å². The summed E-state index contributed by atoms with van der Waals surface area (Å²) in [6, 6.07) is 13.4. The summed E-state index contributed by atoms with van der Waals surface area (Å²) < 4.78 is 20.7. The highest BCUT2D eigenvalue weighted by Gasteiger charge is 2.30. The Balaban J connectivity index is 1.86. The molecule has 1 heterocycles. The van der Waals surface area contributed by atoms with Crippen LogP contribution in [0.15, 0.2) is 60.0 Å². The van der Waals surface area contributed by atoms with E-state index in [0.717, 1.165) is 16.9 Å². The van der Waals surface area contributed by atoms with Crippen LogP contribution in [0.4, 0.5) is 9.93 Å². The molecule has 0 fully saturated rings. The summed E-state index contributed by atoms with van der Waals surface area (Å²) in [4.78, 5) is 55.8. The number of ether oxygens (including phenoxy) is 4. The Kier molecular flexibility index (Phi) is 12.0. The van der Waals surface area contributed by atoms with Gasteiger partial charge in [-0.25, -0.2) is 14.6 Å². The molecule has 3 N–H and O–H groups in total. The Hall–Kier alpha value is -4.49. The second-order valence-corrected chi connectivity index (χ2v) is 11.1. The first-order valence-corrected chi connectivity index (χ1v) is 14.3. The van der Waals surface area contributed by atoms with Gasteiger partial charge in [0.1, 0.15) is 30.0 Å². The van der Waals surface area contributed by atoms with Crippen molar-refractivity contribution in [3.8, 4) is 5.75 Å². The minimum atomic E-state index is -1.21. The molecule has 3 rings (SSSR count). The van der Waals surface area contributed by atoms with E-state index in [0.29, 0.717) is 24.5 Å². The molecule has 1 aromatic heterocycles. The summed E-state index contributed by atoms with van der Waals surface area (Å²) in [5.74, 6) is -1.31. The summed E-state index contributed by atoms with van der Waals surface area (Å²) in [5, 5.41) is 9.65. The predicted molar refractivity (Wildman–Crippen MR) is 160 cm³/mol. The maximum atomic E-state index is 13.7. The molecule has 2 atom stereocenters. The van der Waals surface area contributed by atoms with Crippen molar-refractivity contribution in [3.63, 3.8) is 0 Å². The molecule has 3 amide bonds. The monoisotopic (exact) mass is 612 g/mol. The molecule has 2 aromatic carbocycles. The van der Waals surface area contributed by atoms with Gasteiger partial charge in [-0.05, 0) is 44.0 Å². The van der Waals surface area contributed by atoms with Crippen LogP contribution < -0.4 is 20.7 Å². The number of carbonyl (C=O) groups is 4. The van der Waals surface area contributed by atoms with Crippen molar-refractivity contribution in [1.82, 2.24) is 15.6 Å². The fourth-order valence-electron chi connectivity index (χ4n) is 3.76. The van der Waals surface area contributed by atoms with E-state index in [1.54, 1.807) is 52.1 Å². The van der Waals surface area contributed by atoms with Crippen LogP contribution in [0.3, 0.4) is 0 Å². The number of methoxy groups -OCH3 is 2. The highest BCUT2D eigenvalue weighted by atomic mass is 32.1. The number of carbonyl (C=O) groups excluding carboxylic acids is 4. The molecule has 43 heavy (non-hydrogen) atoms. The second kappa shape index (κ2) is 15.7. The molecule has 12 nitrogen and oxygen atoms in total. The number of esters is 1. The van der Waals surface area contributed by atoms with Gasteiger partial charge < -0.3 is 34.9 Å².